The summed E-state index contributed by atoms with van der Waals surface area (Å²) in [5.74, 6) is -0.160. The number of fused-ring (bicyclic) bond motifs is 1. The second kappa shape index (κ2) is 8.96. The molecule has 4 N–H and O–H groups in total. The molecule has 1 saturated heterocycles. The molecule has 0 radical (unpaired) electrons. The summed E-state index contributed by atoms with van der Waals surface area (Å²) >= 11 is 5.71. The molecule has 1 aliphatic heterocycles. The standard InChI is InChI=1S/C25H28N2O6S/c1-12-4-6-13(7-5-12)18-14(10-26)24(34)27(15-8-25(2,3)9-16(29)19(15)18)23-22(32)21(31)20(30)17(11-28)33-23/h4-7,17,20-23,28,30-32H,8-9,11H2,1-3H3/t17-,20+,21+,22+,23+/m0/s1. The highest BCUT2D eigenvalue weighted by Crippen LogP contribution is 2.43. The number of aromatic nitrogens is 1. The second-order valence-electron chi connectivity index (χ2n) is 9.89. The van der Waals surface area contributed by atoms with Gasteiger partial charge >= 0.3 is 0 Å². The third-order valence-corrected chi connectivity index (χ3v) is 7.05. The number of ether oxygens (including phenoxy) is 1. The molecule has 34 heavy (non-hydrogen) atoms. The number of rotatable bonds is 3. The highest BCUT2D eigenvalue weighted by Gasteiger charge is 2.46. The maximum absolute atomic E-state index is 13.5. The van der Waals surface area contributed by atoms with E-state index in [1.807, 2.05) is 45.0 Å². The fraction of sp³-hybridized carbons (Fsp3) is 0.480. The molecule has 2 aromatic rings. The largest absolute Gasteiger partial charge is 0.394 e. The van der Waals surface area contributed by atoms with Crippen molar-refractivity contribution in [3.63, 3.8) is 0 Å². The summed E-state index contributed by atoms with van der Waals surface area (Å²) in [5.41, 5.74) is 2.63. The summed E-state index contributed by atoms with van der Waals surface area (Å²) in [4.78, 5) is 13.5. The van der Waals surface area contributed by atoms with Crippen LogP contribution in [0, 0.1) is 28.3 Å². The molecule has 0 unspecified atom stereocenters. The zero-order valence-corrected chi connectivity index (χ0v) is 20.0. The molecule has 0 amide bonds. The Kier molecular flexibility index (Phi) is 6.50. The molecule has 1 fully saturated rings. The predicted molar refractivity (Wildman–Crippen MR) is 126 cm³/mol. The van der Waals surface area contributed by atoms with Gasteiger partial charge in [0.2, 0.25) is 0 Å². The van der Waals surface area contributed by atoms with Gasteiger partial charge in [-0.15, -0.1) is 0 Å². The Labute approximate surface area is 202 Å². The minimum Gasteiger partial charge on any atom is -0.394 e. The molecule has 1 aromatic heterocycles. The van der Waals surface area contributed by atoms with Gasteiger partial charge in [0, 0.05) is 23.2 Å². The molecule has 2 aliphatic rings. The Bertz CT molecular complexity index is 1230. The summed E-state index contributed by atoms with van der Waals surface area (Å²) in [6.07, 6.45) is -6.57. The summed E-state index contributed by atoms with van der Waals surface area (Å²) in [6.45, 7) is 5.22. The average molecular weight is 485 g/mol. The van der Waals surface area contributed by atoms with Crippen molar-refractivity contribution in [3.8, 4) is 17.2 Å². The van der Waals surface area contributed by atoms with E-state index in [1.165, 1.54) is 4.57 Å². The van der Waals surface area contributed by atoms with Gasteiger partial charge in [-0.05, 0) is 24.3 Å². The molecule has 0 saturated carbocycles. The highest BCUT2D eigenvalue weighted by molar-refractivity contribution is 7.71. The number of Topliss-reactive ketones (excluding diaryl/α,β-unsaturated/α-hetero) is 1. The quantitative estimate of drug-likeness (QED) is 0.487. The van der Waals surface area contributed by atoms with Crippen molar-refractivity contribution >= 4 is 18.0 Å². The molecule has 0 bridgehead atoms. The van der Waals surface area contributed by atoms with Gasteiger partial charge in [0.25, 0.3) is 0 Å². The number of aliphatic hydroxyl groups is 4. The number of hydrogen-bond acceptors (Lipinski definition) is 8. The number of hydrogen-bond donors (Lipinski definition) is 4. The molecule has 0 spiro atoms. The number of carbonyl (C=O) groups is 1. The summed E-state index contributed by atoms with van der Waals surface area (Å²) in [5, 5.41) is 51.2. The van der Waals surface area contributed by atoms with Gasteiger partial charge in [-0.3, -0.25) is 4.79 Å². The van der Waals surface area contributed by atoms with E-state index in [-0.39, 0.29) is 22.4 Å². The number of carbonyl (C=O) groups excluding carboxylic acids is 1. The van der Waals surface area contributed by atoms with Crippen LogP contribution in [-0.4, -0.2) is 61.8 Å². The first kappa shape index (κ1) is 24.7. The molecule has 9 heteroatoms. The van der Waals surface area contributed by atoms with Crippen molar-refractivity contribution in [3.05, 3.63) is 51.3 Å². The van der Waals surface area contributed by atoms with Crippen LogP contribution < -0.4 is 0 Å². The summed E-state index contributed by atoms with van der Waals surface area (Å²) in [6, 6.07) is 9.59. The lowest BCUT2D eigenvalue weighted by Gasteiger charge is -2.43. The first-order valence-corrected chi connectivity index (χ1v) is 11.5. The Morgan fingerprint density at radius 3 is 2.35 bits per heavy atom. The zero-order valence-electron chi connectivity index (χ0n) is 19.2. The molecular formula is C25H28N2O6S. The van der Waals surface area contributed by atoms with Crippen LogP contribution in [0.25, 0.3) is 11.1 Å². The third-order valence-electron chi connectivity index (χ3n) is 6.65. The maximum atomic E-state index is 13.5. The van der Waals surface area contributed by atoms with Crippen LogP contribution in [0.1, 0.15) is 53.7 Å². The van der Waals surface area contributed by atoms with Crippen LogP contribution >= 0.6 is 12.2 Å². The maximum Gasteiger partial charge on any atom is 0.165 e. The Morgan fingerprint density at radius 1 is 1.12 bits per heavy atom. The lowest BCUT2D eigenvalue weighted by Crippen LogP contribution is -2.57. The van der Waals surface area contributed by atoms with Crippen LogP contribution in [0.3, 0.4) is 0 Å². The molecule has 1 aromatic carbocycles. The fourth-order valence-corrected chi connectivity index (χ4v) is 5.29. The number of ketones is 1. The second-order valence-corrected chi connectivity index (χ2v) is 10.3. The zero-order chi connectivity index (χ0) is 24.9. The lowest BCUT2D eigenvalue weighted by atomic mass is 9.73. The monoisotopic (exact) mass is 484 g/mol. The van der Waals surface area contributed by atoms with E-state index < -0.39 is 42.7 Å². The molecule has 8 nitrogen and oxygen atoms in total. The van der Waals surface area contributed by atoms with Crippen LogP contribution in [0.2, 0.25) is 0 Å². The number of nitriles is 1. The van der Waals surface area contributed by atoms with E-state index in [0.717, 1.165) is 5.56 Å². The van der Waals surface area contributed by atoms with Crippen LogP contribution in [0.5, 0.6) is 0 Å². The molecular weight excluding hydrogens is 456 g/mol. The first-order chi connectivity index (χ1) is 16.0. The van der Waals surface area contributed by atoms with Gasteiger partial charge in [-0.1, -0.05) is 55.9 Å². The normalized spacial score (nSPS) is 28.3. The van der Waals surface area contributed by atoms with Gasteiger partial charge in [-0.2, -0.15) is 5.26 Å². The Morgan fingerprint density at radius 2 is 1.76 bits per heavy atom. The number of pyridine rings is 1. The van der Waals surface area contributed by atoms with Crippen molar-refractivity contribution in [2.75, 3.05) is 6.61 Å². The van der Waals surface area contributed by atoms with E-state index in [2.05, 4.69) is 6.07 Å². The number of benzene rings is 1. The van der Waals surface area contributed by atoms with Crippen LogP contribution in [0.15, 0.2) is 24.3 Å². The van der Waals surface area contributed by atoms with Gasteiger partial charge in [0.1, 0.15) is 35.1 Å². The van der Waals surface area contributed by atoms with E-state index in [9.17, 15) is 30.5 Å². The summed E-state index contributed by atoms with van der Waals surface area (Å²) < 4.78 is 7.26. The molecule has 2 heterocycles. The first-order valence-electron chi connectivity index (χ1n) is 11.1. The third kappa shape index (κ3) is 4.01. The smallest absolute Gasteiger partial charge is 0.165 e. The van der Waals surface area contributed by atoms with E-state index in [4.69, 9.17) is 17.0 Å². The van der Waals surface area contributed by atoms with Gasteiger partial charge in [0.05, 0.1) is 12.2 Å². The van der Waals surface area contributed by atoms with Crippen molar-refractivity contribution in [2.24, 2.45) is 5.41 Å². The lowest BCUT2D eigenvalue weighted by molar-refractivity contribution is -0.252. The van der Waals surface area contributed by atoms with Crippen LogP contribution in [-0.2, 0) is 11.2 Å². The molecule has 4 rings (SSSR count). The van der Waals surface area contributed by atoms with Gasteiger partial charge in [0.15, 0.2) is 12.0 Å². The van der Waals surface area contributed by atoms with Gasteiger partial charge in [-0.25, -0.2) is 0 Å². The molecule has 1 aliphatic carbocycles. The Balaban J connectivity index is 2.06. The highest BCUT2D eigenvalue weighted by atomic mass is 32.1. The SMILES string of the molecule is Cc1ccc(-c2c3c(n([C@@H]4O[C@@H](CO)[C@@H](O)[C@@H](O)[C@H]4O)c(=S)c2C#N)CC(C)(C)CC3=O)cc1. The van der Waals surface area contributed by atoms with Gasteiger partial charge < -0.3 is 29.7 Å². The van der Waals surface area contributed by atoms with E-state index in [1.54, 1.807) is 0 Å². The predicted octanol–water partition coefficient (Wildman–Crippen LogP) is 2.19. The van der Waals surface area contributed by atoms with Crippen molar-refractivity contribution in [2.45, 2.75) is 64.3 Å². The number of aryl methyl sites for hydroxylation is 1. The van der Waals surface area contributed by atoms with E-state index >= 15 is 0 Å². The Hall–Kier alpha value is -2.45. The number of aliphatic hydroxyl groups excluding tert-OH is 4. The minimum atomic E-state index is -1.62. The van der Waals surface area contributed by atoms with Crippen molar-refractivity contribution in [1.29, 1.82) is 5.26 Å². The molecule has 5 atom stereocenters. The van der Waals surface area contributed by atoms with E-state index in [0.29, 0.717) is 28.8 Å². The topological polar surface area (TPSA) is 136 Å². The number of nitrogens with zero attached hydrogens (tertiary/aromatic N) is 2. The molecule has 180 valence electrons. The van der Waals surface area contributed by atoms with Crippen molar-refractivity contribution < 1.29 is 30.0 Å². The van der Waals surface area contributed by atoms with Crippen LogP contribution in [0.4, 0.5) is 0 Å². The average Bonchev–Trinajstić information content (AvgIpc) is 2.77. The minimum absolute atomic E-state index is 0.0478. The fourth-order valence-electron chi connectivity index (χ4n) is 4.93. The summed E-state index contributed by atoms with van der Waals surface area (Å²) in [7, 11) is 0. The van der Waals surface area contributed by atoms with Crippen molar-refractivity contribution in [1.82, 2.24) is 4.57 Å².